The molecule has 1 N–H and O–H groups in total. The van der Waals surface area contributed by atoms with Gasteiger partial charge in [-0.1, -0.05) is 43.0 Å². The highest BCUT2D eigenvalue weighted by Gasteiger charge is 2.37. The third-order valence-electron chi connectivity index (χ3n) is 3.77. The topological polar surface area (TPSA) is 46.2 Å². The average Bonchev–Trinajstić information content (AvgIpc) is 2.42. The lowest BCUT2D eigenvalue weighted by atomic mass is 9.95. The normalized spacial score (nSPS) is 23.8. The standard InChI is InChI=1S/C14H19Cl2NO2S/c1-2-17-12-5-3-4-6-13(12)20(18,19)14-9-10(15)7-8-11(14)16/h7-9,12-13,17H,2-6H2,1H3. The lowest BCUT2D eigenvalue weighted by molar-refractivity contribution is 0.377. The Kier molecular flexibility index (Phi) is 5.35. The maximum atomic E-state index is 12.9. The van der Waals surface area contributed by atoms with Gasteiger partial charge in [0.05, 0.1) is 15.2 Å². The summed E-state index contributed by atoms with van der Waals surface area (Å²) in [6.45, 7) is 2.75. The van der Waals surface area contributed by atoms with Crippen LogP contribution in [0.15, 0.2) is 23.1 Å². The van der Waals surface area contributed by atoms with E-state index in [-0.39, 0.29) is 16.0 Å². The Morgan fingerprint density at radius 3 is 2.65 bits per heavy atom. The van der Waals surface area contributed by atoms with E-state index in [1.165, 1.54) is 6.07 Å². The highest BCUT2D eigenvalue weighted by molar-refractivity contribution is 7.92. The molecule has 2 rings (SSSR count). The number of benzene rings is 1. The van der Waals surface area contributed by atoms with E-state index in [4.69, 9.17) is 23.2 Å². The second kappa shape index (κ2) is 6.65. The Morgan fingerprint density at radius 1 is 1.25 bits per heavy atom. The average molecular weight is 336 g/mol. The number of halogens is 2. The molecule has 112 valence electrons. The van der Waals surface area contributed by atoms with Crippen LogP contribution in [0.2, 0.25) is 10.0 Å². The number of hydrogen-bond donors (Lipinski definition) is 1. The molecule has 0 saturated heterocycles. The molecule has 1 aromatic rings. The van der Waals surface area contributed by atoms with Crippen LogP contribution in [0, 0.1) is 0 Å². The van der Waals surface area contributed by atoms with Crippen LogP contribution in [0.5, 0.6) is 0 Å². The molecule has 0 radical (unpaired) electrons. The molecule has 0 aliphatic heterocycles. The molecule has 1 fully saturated rings. The summed E-state index contributed by atoms with van der Waals surface area (Å²) >= 11 is 12.0. The lowest BCUT2D eigenvalue weighted by Crippen LogP contribution is -2.46. The molecule has 1 saturated carbocycles. The SMILES string of the molecule is CCNC1CCCCC1S(=O)(=O)c1cc(Cl)ccc1Cl. The monoisotopic (exact) mass is 335 g/mol. The highest BCUT2D eigenvalue weighted by Crippen LogP contribution is 2.33. The van der Waals surface area contributed by atoms with Crippen LogP contribution in [-0.2, 0) is 9.84 Å². The number of nitrogens with one attached hydrogen (secondary N) is 1. The zero-order valence-corrected chi connectivity index (χ0v) is 13.7. The van der Waals surface area contributed by atoms with E-state index >= 15 is 0 Å². The molecule has 3 nitrogen and oxygen atoms in total. The molecule has 0 amide bonds. The van der Waals surface area contributed by atoms with Crippen molar-refractivity contribution in [1.29, 1.82) is 0 Å². The summed E-state index contributed by atoms with van der Waals surface area (Å²) in [5.41, 5.74) is 0. The second-order valence-electron chi connectivity index (χ2n) is 5.11. The first-order chi connectivity index (χ1) is 9.46. The first-order valence-corrected chi connectivity index (χ1v) is 9.19. The van der Waals surface area contributed by atoms with Gasteiger partial charge in [0.1, 0.15) is 0 Å². The fourth-order valence-electron chi connectivity index (χ4n) is 2.82. The van der Waals surface area contributed by atoms with Crippen LogP contribution in [0.25, 0.3) is 0 Å². The Morgan fingerprint density at radius 2 is 1.95 bits per heavy atom. The van der Waals surface area contributed by atoms with Gasteiger partial charge in [0.15, 0.2) is 9.84 Å². The van der Waals surface area contributed by atoms with Crippen molar-refractivity contribution in [3.8, 4) is 0 Å². The highest BCUT2D eigenvalue weighted by atomic mass is 35.5. The molecule has 0 aromatic heterocycles. The van der Waals surface area contributed by atoms with Gasteiger partial charge in [-0.3, -0.25) is 0 Å². The number of rotatable bonds is 4. The summed E-state index contributed by atoms with van der Waals surface area (Å²) in [6, 6.07) is 4.60. The number of sulfone groups is 1. The Hall–Kier alpha value is -0.290. The van der Waals surface area contributed by atoms with Crippen LogP contribution in [0.3, 0.4) is 0 Å². The van der Waals surface area contributed by atoms with Crippen molar-refractivity contribution in [2.24, 2.45) is 0 Å². The van der Waals surface area contributed by atoms with Gasteiger partial charge in [-0.05, 0) is 37.6 Å². The fraction of sp³-hybridized carbons (Fsp3) is 0.571. The molecule has 20 heavy (non-hydrogen) atoms. The molecule has 1 aliphatic rings. The minimum absolute atomic E-state index is 0.00574. The zero-order chi connectivity index (χ0) is 14.8. The summed E-state index contributed by atoms with van der Waals surface area (Å²) in [5, 5.41) is 3.50. The van der Waals surface area contributed by atoms with E-state index in [1.807, 2.05) is 6.92 Å². The molecule has 6 heteroatoms. The summed E-state index contributed by atoms with van der Waals surface area (Å²) in [6.07, 6.45) is 3.55. The molecule has 0 spiro atoms. The van der Waals surface area contributed by atoms with Gasteiger partial charge in [-0.15, -0.1) is 0 Å². The van der Waals surface area contributed by atoms with E-state index < -0.39 is 15.1 Å². The summed E-state index contributed by atoms with van der Waals surface area (Å²) in [7, 11) is -3.47. The Labute approximate surface area is 130 Å². The summed E-state index contributed by atoms with van der Waals surface area (Å²) < 4.78 is 25.7. The Balaban J connectivity index is 2.39. The smallest absolute Gasteiger partial charge is 0.184 e. The van der Waals surface area contributed by atoms with Gasteiger partial charge in [-0.2, -0.15) is 0 Å². The molecule has 2 unspecified atom stereocenters. The van der Waals surface area contributed by atoms with Gasteiger partial charge in [-0.25, -0.2) is 8.42 Å². The quantitative estimate of drug-likeness (QED) is 0.912. The van der Waals surface area contributed by atoms with Crippen LogP contribution in [-0.4, -0.2) is 26.3 Å². The summed E-state index contributed by atoms with van der Waals surface area (Å²) in [5.74, 6) is 0. The number of hydrogen-bond acceptors (Lipinski definition) is 3. The van der Waals surface area contributed by atoms with E-state index in [1.54, 1.807) is 12.1 Å². The van der Waals surface area contributed by atoms with Gasteiger partial charge >= 0.3 is 0 Å². The lowest BCUT2D eigenvalue weighted by Gasteiger charge is -2.32. The predicted octanol–water partition coefficient (Wildman–Crippen LogP) is 3.69. The van der Waals surface area contributed by atoms with Gasteiger partial charge < -0.3 is 5.32 Å². The van der Waals surface area contributed by atoms with Crippen LogP contribution in [0.1, 0.15) is 32.6 Å². The van der Waals surface area contributed by atoms with Crippen molar-refractivity contribution >= 4 is 33.0 Å². The summed E-state index contributed by atoms with van der Waals surface area (Å²) in [4.78, 5) is 0.154. The largest absolute Gasteiger partial charge is 0.313 e. The van der Waals surface area contributed by atoms with Crippen molar-refractivity contribution < 1.29 is 8.42 Å². The predicted molar refractivity (Wildman–Crippen MR) is 83.4 cm³/mol. The van der Waals surface area contributed by atoms with Crippen LogP contribution in [0.4, 0.5) is 0 Å². The molecule has 1 aliphatic carbocycles. The van der Waals surface area contributed by atoms with Crippen LogP contribution < -0.4 is 5.32 Å². The maximum Gasteiger partial charge on any atom is 0.184 e. The molecular formula is C14H19Cl2NO2S. The molecule has 0 heterocycles. The Bertz CT molecular complexity index is 573. The van der Waals surface area contributed by atoms with Crippen molar-refractivity contribution in [2.75, 3.05) is 6.54 Å². The van der Waals surface area contributed by atoms with E-state index in [2.05, 4.69) is 5.32 Å². The second-order valence-corrected chi connectivity index (χ2v) is 8.09. The third-order valence-corrected chi connectivity index (χ3v) is 6.76. The third kappa shape index (κ3) is 3.30. The van der Waals surface area contributed by atoms with Gasteiger partial charge in [0, 0.05) is 11.1 Å². The fourth-order valence-corrected chi connectivity index (χ4v) is 5.60. The maximum absolute atomic E-state index is 12.9. The minimum Gasteiger partial charge on any atom is -0.313 e. The first kappa shape index (κ1) is 16.1. The van der Waals surface area contributed by atoms with Gasteiger partial charge in [0.25, 0.3) is 0 Å². The van der Waals surface area contributed by atoms with Crippen molar-refractivity contribution in [3.63, 3.8) is 0 Å². The van der Waals surface area contributed by atoms with Gasteiger partial charge in [0.2, 0.25) is 0 Å². The molecule has 0 bridgehead atoms. The van der Waals surface area contributed by atoms with E-state index in [0.29, 0.717) is 11.4 Å². The van der Waals surface area contributed by atoms with E-state index in [9.17, 15) is 8.42 Å². The van der Waals surface area contributed by atoms with Crippen molar-refractivity contribution in [2.45, 2.75) is 48.8 Å². The van der Waals surface area contributed by atoms with Crippen molar-refractivity contribution in [3.05, 3.63) is 28.2 Å². The minimum atomic E-state index is -3.47. The van der Waals surface area contributed by atoms with E-state index in [0.717, 1.165) is 25.8 Å². The molecular weight excluding hydrogens is 317 g/mol. The molecule has 1 aromatic carbocycles. The first-order valence-electron chi connectivity index (χ1n) is 6.89. The zero-order valence-electron chi connectivity index (χ0n) is 11.4. The van der Waals surface area contributed by atoms with Crippen LogP contribution >= 0.6 is 23.2 Å². The molecule has 2 atom stereocenters. The van der Waals surface area contributed by atoms with Crippen molar-refractivity contribution in [1.82, 2.24) is 5.32 Å².